The Balaban J connectivity index is 2.17. The van der Waals surface area contributed by atoms with Crippen LogP contribution >= 0.6 is 27.5 Å². The first-order valence-electron chi connectivity index (χ1n) is 6.22. The lowest BCUT2D eigenvalue weighted by Gasteiger charge is -2.13. The highest BCUT2D eigenvalue weighted by atomic mass is 79.9. The zero-order valence-electron chi connectivity index (χ0n) is 10.9. The first kappa shape index (κ1) is 14.4. The Morgan fingerprint density at radius 2 is 1.68 bits per heavy atom. The van der Waals surface area contributed by atoms with Crippen LogP contribution in [0.5, 0.6) is 5.75 Å². The molecule has 0 aliphatic carbocycles. The number of hydrogen-bond donors (Lipinski definition) is 0. The van der Waals surface area contributed by atoms with Crippen molar-refractivity contribution in [1.29, 1.82) is 0 Å². The first-order chi connectivity index (χ1) is 9.06. The standard InChI is InChI=1S/C16H16BrClO/c1-11(2)19-15-8-6-12(7-9-15)16(18)13-4-3-5-14(17)10-13/h3-11,16H,1-2H3. The molecule has 100 valence electrons. The number of benzene rings is 2. The van der Waals surface area contributed by atoms with Gasteiger partial charge in [0.15, 0.2) is 0 Å². The number of rotatable bonds is 4. The van der Waals surface area contributed by atoms with Crippen LogP contribution in [0, 0.1) is 0 Å². The summed E-state index contributed by atoms with van der Waals surface area (Å²) in [5.41, 5.74) is 2.14. The quantitative estimate of drug-likeness (QED) is 0.662. The summed E-state index contributed by atoms with van der Waals surface area (Å²) in [5.74, 6) is 0.872. The van der Waals surface area contributed by atoms with Crippen molar-refractivity contribution in [2.75, 3.05) is 0 Å². The molecule has 0 amide bonds. The van der Waals surface area contributed by atoms with Crippen LogP contribution in [0.25, 0.3) is 0 Å². The topological polar surface area (TPSA) is 9.23 Å². The molecule has 3 heteroatoms. The zero-order chi connectivity index (χ0) is 13.8. The van der Waals surface area contributed by atoms with Crippen molar-refractivity contribution in [1.82, 2.24) is 0 Å². The smallest absolute Gasteiger partial charge is 0.119 e. The van der Waals surface area contributed by atoms with Crippen LogP contribution in [-0.4, -0.2) is 6.10 Å². The van der Waals surface area contributed by atoms with Gasteiger partial charge in [-0.1, -0.05) is 40.2 Å². The van der Waals surface area contributed by atoms with E-state index in [9.17, 15) is 0 Å². The summed E-state index contributed by atoms with van der Waals surface area (Å²) in [5, 5.41) is -0.148. The van der Waals surface area contributed by atoms with Crippen LogP contribution < -0.4 is 4.74 Å². The highest BCUT2D eigenvalue weighted by molar-refractivity contribution is 9.10. The maximum Gasteiger partial charge on any atom is 0.119 e. The average molecular weight is 340 g/mol. The maximum absolute atomic E-state index is 6.50. The Morgan fingerprint density at radius 1 is 1.00 bits per heavy atom. The second kappa shape index (κ2) is 6.44. The summed E-state index contributed by atoms with van der Waals surface area (Å²) in [6, 6.07) is 16.0. The Hall–Kier alpha value is -0.990. The van der Waals surface area contributed by atoms with Gasteiger partial charge in [-0.15, -0.1) is 11.6 Å². The molecule has 0 radical (unpaired) electrons. The average Bonchev–Trinajstić information content (AvgIpc) is 2.38. The largest absolute Gasteiger partial charge is 0.491 e. The van der Waals surface area contributed by atoms with Crippen molar-refractivity contribution in [2.24, 2.45) is 0 Å². The number of hydrogen-bond acceptors (Lipinski definition) is 1. The predicted octanol–water partition coefficient (Wildman–Crippen LogP) is 5.56. The molecule has 1 unspecified atom stereocenters. The molecule has 2 aromatic carbocycles. The van der Waals surface area contributed by atoms with Gasteiger partial charge in [0.25, 0.3) is 0 Å². The summed E-state index contributed by atoms with van der Waals surface area (Å²) in [6.07, 6.45) is 0.183. The van der Waals surface area contributed by atoms with E-state index in [4.69, 9.17) is 16.3 Å². The molecule has 0 saturated carbocycles. The number of halogens is 2. The minimum absolute atomic E-state index is 0.148. The van der Waals surface area contributed by atoms with E-state index in [2.05, 4.69) is 15.9 Å². The van der Waals surface area contributed by atoms with Gasteiger partial charge < -0.3 is 4.74 Å². The van der Waals surface area contributed by atoms with Gasteiger partial charge in [0.1, 0.15) is 5.75 Å². The van der Waals surface area contributed by atoms with Crippen LogP contribution in [0.2, 0.25) is 0 Å². The minimum atomic E-state index is -0.148. The van der Waals surface area contributed by atoms with Crippen molar-refractivity contribution >= 4 is 27.5 Å². The Labute approximate surface area is 127 Å². The lowest BCUT2D eigenvalue weighted by atomic mass is 10.0. The molecular formula is C16H16BrClO. The molecule has 0 N–H and O–H groups in total. The van der Waals surface area contributed by atoms with Crippen LogP contribution in [0.3, 0.4) is 0 Å². The summed E-state index contributed by atoms with van der Waals surface area (Å²) >= 11 is 9.96. The fourth-order valence-corrected chi connectivity index (χ4v) is 2.54. The van der Waals surface area contributed by atoms with Crippen molar-refractivity contribution in [3.05, 3.63) is 64.1 Å². The molecule has 1 nitrogen and oxygen atoms in total. The SMILES string of the molecule is CC(C)Oc1ccc(C(Cl)c2cccc(Br)c2)cc1. The van der Waals surface area contributed by atoms with E-state index in [1.54, 1.807) is 0 Å². The van der Waals surface area contributed by atoms with Crippen LogP contribution in [0.4, 0.5) is 0 Å². The van der Waals surface area contributed by atoms with Gasteiger partial charge in [0.05, 0.1) is 11.5 Å². The molecule has 0 heterocycles. The molecule has 0 fully saturated rings. The molecule has 1 atom stereocenters. The third kappa shape index (κ3) is 3.99. The van der Waals surface area contributed by atoms with Gasteiger partial charge in [0.2, 0.25) is 0 Å². The van der Waals surface area contributed by atoms with Gasteiger partial charge in [-0.2, -0.15) is 0 Å². The predicted molar refractivity (Wildman–Crippen MR) is 84.0 cm³/mol. The van der Waals surface area contributed by atoms with Gasteiger partial charge in [-0.25, -0.2) is 0 Å². The maximum atomic E-state index is 6.50. The molecule has 0 aliphatic heterocycles. The van der Waals surface area contributed by atoms with Gasteiger partial charge in [-0.05, 0) is 49.2 Å². The van der Waals surface area contributed by atoms with Crippen molar-refractivity contribution in [3.63, 3.8) is 0 Å². The normalized spacial score (nSPS) is 12.5. The van der Waals surface area contributed by atoms with E-state index < -0.39 is 0 Å². The van der Waals surface area contributed by atoms with Gasteiger partial charge >= 0.3 is 0 Å². The number of alkyl halides is 1. The summed E-state index contributed by atoms with van der Waals surface area (Å²) in [6.45, 7) is 4.03. The first-order valence-corrected chi connectivity index (χ1v) is 7.45. The molecule has 2 aromatic rings. The van der Waals surface area contributed by atoms with Crippen LogP contribution in [0.1, 0.15) is 30.4 Å². The van der Waals surface area contributed by atoms with E-state index in [1.807, 2.05) is 62.4 Å². The lowest BCUT2D eigenvalue weighted by molar-refractivity contribution is 0.242. The van der Waals surface area contributed by atoms with E-state index in [0.29, 0.717) is 0 Å². The molecule has 2 rings (SSSR count). The Kier molecular flexibility index (Phi) is 4.89. The summed E-state index contributed by atoms with van der Waals surface area (Å²) in [7, 11) is 0. The molecule has 0 aromatic heterocycles. The number of ether oxygens (including phenoxy) is 1. The van der Waals surface area contributed by atoms with Gasteiger partial charge in [0, 0.05) is 4.47 Å². The van der Waals surface area contributed by atoms with Crippen molar-refractivity contribution < 1.29 is 4.74 Å². The molecule has 0 bridgehead atoms. The third-order valence-corrected chi connectivity index (χ3v) is 3.68. The molecule has 0 aliphatic rings. The van der Waals surface area contributed by atoms with E-state index in [0.717, 1.165) is 21.3 Å². The second-order valence-electron chi connectivity index (χ2n) is 4.65. The highest BCUT2D eigenvalue weighted by Gasteiger charge is 2.11. The summed E-state index contributed by atoms with van der Waals surface area (Å²) in [4.78, 5) is 0. The Bertz CT molecular complexity index is 537. The minimum Gasteiger partial charge on any atom is -0.491 e. The molecule has 0 saturated heterocycles. The van der Waals surface area contributed by atoms with Crippen LogP contribution in [-0.2, 0) is 0 Å². The molecule has 19 heavy (non-hydrogen) atoms. The third-order valence-electron chi connectivity index (χ3n) is 2.69. The van der Waals surface area contributed by atoms with Crippen LogP contribution in [0.15, 0.2) is 53.0 Å². The zero-order valence-corrected chi connectivity index (χ0v) is 13.3. The van der Waals surface area contributed by atoms with Gasteiger partial charge in [-0.3, -0.25) is 0 Å². The fourth-order valence-electron chi connectivity index (χ4n) is 1.84. The van der Waals surface area contributed by atoms with E-state index in [-0.39, 0.29) is 11.5 Å². The second-order valence-corrected chi connectivity index (χ2v) is 6.01. The molecular weight excluding hydrogens is 324 g/mol. The van der Waals surface area contributed by atoms with E-state index in [1.165, 1.54) is 0 Å². The Morgan fingerprint density at radius 3 is 2.26 bits per heavy atom. The summed E-state index contributed by atoms with van der Waals surface area (Å²) < 4.78 is 6.66. The highest BCUT2D eigenvalue weighted by Crippen LogP contribution is 2.31. The molecule has 0 spiro atoms. The van der Waals surface area contributed by atoms with E-state index >= 15 is 0 Å². The van der Waals surface area contributed by atoms with Crippen molar-refractivity contribution in [2.45, 2.75) is 25.3 Å². The van der Waals surface area contributed by atoms with Crippen molar-refractivity contribution in [3.8, 4) is 5.75 Å². The lowest BCUT2D eigenvalue weighted by Crippen LogP contribution is -2.05. The fraction of sp³-hybridized carbons (Fsp3) is 0.250. The monoisotopic (exact) mass is 338 g/mol.